The zero-order valence-electron chi connectivity index (χ0n) is 14.5. The second-order valence-corrected chi connectivity index (χ2v) is 7.12. The number of fused-ring (bicyclic) bond motifs is 1. The highest BCUT2D eigenvalue weighted by Crippen LogP contribution is 2.34. The van der Waals surface area contributed by atoms with Crippen LogP contribution in [0.5, 0.6) is 0 Å². The van der Waals surface area contributed by atoms with Crippen molar-refractivity contribution in [1.29, 1.82) is 0 Å². The third-order valence-electron chi connectivity index (χ3n) is 5.14. The van der Waals surface area contributed by atoms with Crippen LogP contribution < -0.4 is 0 Å². The van der Waals surface area contributed by atoms with E-state index in [4.69, 9.17) is 4.63 Å². The van der Waals surface area contributed by atoms with Crippen LogP contribution in [0.2, 0.25) is 0 Å². The number of aryl methyl sites for hydroxylation is 1. The molecule has 1 aliphatic heterocycles. The predicted octanol–water partition coefficient (Wildman–Crippen LogP) is 4.32. The summed E-state index contributed by atoms with van der Waals surface area (Å²) in [6.45, 7) is 8.45. The number of aromatic nitrogens is 3. The van der Waals surface area contributed by atoms with E-state index in [1.54, 1.807) is 0 Å². The van der Waals surface area contributed by atoms with Crippen molar-refractivity contribution in [2.75, 3.05) is 6.54 Å². The van der Waals surface area contributed by atoms with E-state index in [1.165, 1.54) is 28.6 Å². The van der Waals surface area contributed by atoms with E-state index in [0.717, 1.165) is 30.9 Å². The van der Waals surface area contributed by atoms with Crippen LogP contribution in [0.4, 0.5) is 0 Å². The van der Waals surface area contributed by atoms with E-state index in [9.17, 15) is 0 Å². The summed E-state index contributed by atoms with van der Waals surface area (Å²) in [6.07, 6.45) is 2.31. The first-order chi connectivity index (χ1) is 11.6. The van der Waals surface area contributed by atoms with Gasteiger partial charge < -0.3 is 4.98 Å². The summed E-state index contributed by atoms with van der Waals surface area (Å²) < 4.78 is 4.92. The SMILES string of the molecule is Cc1nonc1C1CCCN1Cc1cccc2[nH]c(C(C)C)cc12. The Labute approximate surface area is 142 Å². The van der Waals surface area contributed by atoms with Gasteiger partial charge in [-0.1, -0.05) is 36.3 Å². The minimum atomic E-state index is 0.315. The number of likely N-dealkylation sites (tertiary alicyclic amines) is 1. The quantitative estimate of drug-likeness (QED) is 0.776. The van der Waals surface area contributed by atoms with Crippen molar-refractivity contribution in [2.24, 2.45) is 0 Å². The van der Waals surface area contributed by atoms with E-state index in [2.05, 4.69) is 58.3 Å². The molecule has 1 aliphatic rings. The lowest BCUT2D eigenvalue weighted by molar-refractivity contribution is 0.232. The van der Waals surface area contributed by atoms with E-state index >= 15 is 0 Å². The molecule has 1 aromatic carbocycles. The number of hydrogen-bond donors (Lipinski definition) is 1. The average molecular weight is 324 g/mol. The Morgan fingerprint density at radius 2 is 2.21 bits per heavy atom. The average Bonchev–Trinajstić information content (AvgIpc) is 3.26. The van der Waals surface area contributed by atoms with Crippen LogP contribution in [-0.4, -0.2) is 26.7 Å². The Hall–Kier alpha value is -2.14. The summed E-state index contributed by atoms with van der Waals surface area (Å²) in [5.41, 5.74) is 5.81. The van der Waals surface area contributed by atoms with Gasteiger partial charge in [0.2, 0.25) is 0 Å². The lowest BCUT2D eigenvalue weighted by Gasteiger charge is -2.23. The zero-order chi connectivity index (χ0) is 16.7. The molecule has 24 heavy (non-hydrogen) atoms. The molecule has 0 amide bonds. The molecular weight excluding hydrogens is 300 g/mol. The van der Waals surface area contributed by atoms with Crippen molar-refractivity contribution < 1.29 is 4.63 Å². The lowest BCUT2D eigenvalue weighted by Crippen LogP contribution is -2.23. The maximum absolute atomic E-state index is 4.92. The first-order valence-electron chi connectivity index (χ1n) is 8.77. The Balaban J connectivity index is 1.65. The van der Waals surface area contributed by atoms with Crippen molar-refractivity contribution in [1.82, 2.24) is 20.2 Å². The highest BCUT2D eigenvalue weighted by Gasteiger charge is 2.30. The minimum absolute atomic E-state index is 0.315. The van der Waals surface area contributed by atoms with Crippen molar-refractivity contribution in [2.45, 2.75) is 52.1 Å². The van der Waals surface area contributed by atoms with Gasteiger partial charge in [0.1, 0.15) is 11.4 Å². The molecule has 1 unspecified atom stereocenters. The lowest BCUT2D eigenvalue weighted by atomic mass is 10.1. The van der Waals surface area contributed by atoms with E-state index < -0.39 is 0 Å². The van der Waals surface area contributed by atoms with Gasteiger partial charge in [0, 0.05) is 23.1 Å². The van der Waals surface area contributed by atoms with Crippen LogP contribution in [0.3, 0.4) is 0 Å². The standard InChI is InChI=1S/C19H24N4O/c1-12(2)17-10-15-14(6-4-7-16(15)20-17)11-23-9-5-8-18(23)19-13(3)21-24-22-19/h4,6-7,10,12,18,20H,5,8-9,11H2,1-3H3. The van der Waals surface area contributed by atoms with Crippen molar-refractivity contribution in [3.05, 3.63) is 46.9 Å². The van der Waals surface area contributed by atoms with Crippen molar-refractivity contribution in [3.63, 3.8) is 0 Å². The largest absolute Gasteiger partial charge is 0.358 e. The van der Waals surface area contributed by atoms with Crippen LogP contribution in [0, 0.1) is 6.92 Å². The molecule has 1 saturated heterocycles. The van der Waals surface area contributed by atoms with Gasteiger partial charge in [0.15, 0.2) is 0 Å². The second kappa shape index (κ2) is 6.06. The maximum Gasteiger partial charge on any atom is 0.125 e. The Morgan fingerprint density at radius 1 is 1.33 bits per heavy atom. The highest BCUT2D eigenvalue weighted by molar-refractivity contribution is 5.84. The third kappa shape index (κ3) is 2.63. The summed E-state index contributed by atoms with van der Waals surface area (Å²) in [5.74, 6) is 0.508. The zero-order valence-corrected chi connectivity index (χ0v) is 14.5. The van der Waals surface area contributed by atoms with Crippen LogP contribution in [-0.2, 0) is 6.54 Å². The number of nitrogens with zero attached hydrogens (tertiary/aromatic N) is 3. The highest BCUT2D eigenvalue weighted by atomic mass is 16.6. The summed E-state index contributed by atoms with van der Waals surface area (Å²) in [4.78, 5) is 6.06. The number of hydrogen-bond acceptors (Lipinski definition) is 4. The monoisotopic (exact) mass is 324 g/mol. The molecule has 5 nitrogen and oxygen atoms in total. The number of benzene rings is 1. The molecule has 1 atom stereocenters. The summed E-state index contributed by atoms with van der Waals surface area (Å²) in [5, 5.41) is 9.44. The first kappa shape index (κ1) is 15.4. The number of nitrogens with one attached hydrogen (secondary N) is 1. The van der Waals surface area contributed by atoms with E-state index in [0.29, 0.717) is 12.0 Å². The summed E-state index contributed by atoms with van der Waals surface area (Å²) in [7, 11) is 0. The van der Waals surface area contributed by atoms with Gasteiger partial charge in [0.25, 0.3) is 0 Å². The Morgan fingerprint density at radius 3 is 2.96 bits per heavy atom. The van der Waals surface area contributed by atoms with Crippen LogP contribution in [0.15, 0.2) is 28.9 Å². The Kier molecular flexibility index (Phi) is 3.88. The molecule has 1 N–H and O–H groups in total. The van der Waals surface area contributed by atoms with Crippen LogP contribution in [0.25, 0.3) is 10.9 Å². The molecule has 0 saturated carbocycles. The molecule has 3 aromatic rings. The normalized spacial score (nSPS) is 18.9. The fourth-order valence-electron chi connectivity index (χ4n) is 3.77. The first-order valence-corrected chi connectivity index (χ1v) is 8.77. The van der Waals surface area contributed by atoms with Crippen LogP contribution >= 0.6 is 0 Å². The van der Waals surface area contributed by atoms with Crippen molar-refractivity contribution in [3.8, 4) is 0 Å². The molecule has 4 rings (SSSR count). The predicted molar refractivity (Wildman–Crippen MR) is 93.8 cm³/mol. The van der Waals surface area contributed by atoms with E-state index in [-0.39, 0.29) is 0 Å². The molecule has 0 spiro atoms. The maximum atomic E-state index is 4.92. The number of H-pyrrole nitrogens is 1. The fourth-order valence-corrected chi connectivity index (χ4v) is 3.77. The van der Waals surface area contributed by atoms with Gasteiger partial charge in [-0.05, 0) is 49.9 Å². The number of aromatic amines is 1. The van der Waals surface area contributed by atoms with Crippen LogP contribution in [0.1, 0.15) is 61.3 Å². The van der Waals surface area contributed by atoms with Gasteiger partial charge in [0.05, 0.1) is 6.04 Å². The van der Waals surface area contributed by atoms with Gasteiger partial charge in [-0.25, -0.2) is 4.63 Å². The topological polar surface area (TPSA) is 58.0 Å². The summed E-state index contributed by atoms with van der Waals surface area (Å²) >= 11 is 0. The van der Waals surface area contributed by atoms with Gasteiger partial charge in [-0.2, -0.15) is 0 Å². The molecule has 3 heterocycles. The minimum Gasteiger partial charge on any atom is -0.358 e. The van der Waals surface area contributed by atoms with Gasteiger partial charge in [-0.3, -0.25) is 4.90 Å². The molecule has 0 aliphatic carbocycles. The molecule has 1 fully saturated rings. The molecule has 2 aromatic heterocycles. The molecule has 5 heteroatoms. The number of rotatable bonds is 4. The van der Waals surface area contributed by atoms with E-state index in [1.807, 2.05) is 6.92 Å². The third-order valence-corrected chi connectivity index (χ3v) is 5.14. The fraction of sp³-hybridized carbons (Fsp3) is 0.474. The summed E-state index contributed by atoms with van der Waals surface area (Å²) in [6, 6.07) is 9.17. The van der Waals surface area contributed by atoms with Gasteiger partial charge >= 0.3 is 0 Å². The molecule has 0 radical (unpaired) electrons. The van der Waals surface area contributed by atoms with Crippen molar-refractivity contribution >= 4 is 10.9 Å². The molecule has 0 bridgehead atoms. The smallest absolute Gasteiger partial charge is 0.125 e. The molecule has 126 valence electrons. The van der Waals surface area contributed by atoms with Gasteiger partial charge in [-0.15, -0.1) is 0 Å². The second-order valence-electron chi connectivity index (χ2n) is 7.12. The Bertz CT molecular complexity index is 848. The molecular formula is C19H24N4O.